The number of aromatic nitrogens is 1. The molecule has 0 atom stereocenters. The molecule has 0 aliphatic carbocycles. The molecule has 128 valence electrons. The highest BCUT2D eigenvalue weighted by Gasteiger charge is 2.26. The Morgan fingerprint density at radius 1 is 1.04 bits per heavy atom. The van der Waals surface area contributed by atoms with Gasteiger partial charge in [0.05, 0.1) is 0 Å². The van der Waals surface area contributed by atoms with E-state index in [1.165, 1.54) is 6.20 Å². The van der Waals surface area contributed by atoms with Crippen molar-refractivity contribution in [1.82, 2.24) is 9.29 Å². The van der Waals surface area contributed by atoms with Crippen LogP contribution in [0.25, 0.3) is 0 Å². The molecule has 2 aromatic rings. The molecule has 0 amide bonds. The van der Waals surface area contributed by atoms with Crippen LogP contribution in [0.4, 0.5) is 5.82 Å². The van der Waals surface area contributed by atoms with E-state index < -0.39 is 10.0 Å². The van der Waals surface area contributed by atoms with Gasteiger partial charge in [0.2, 0.25) is 10.0 Å². The predicted octanol–water partition coefficient (Wildman–Crippen LogP) is 3.52. The van der Waals surface area contributed by atoms with Crippen LogP contribution in [-0.4, -0.2) is 30.8 Å². The molecule has 7 heteroatoms. The van der Waals surface area contributed by atoms with Gasteiger partial charge in [0.25, 0.3) is 0 Å². The first-order valence-electron chi connectivity index (χ1n) is 8.00. The summed E-state index contributed by atoms with van der Waals surface area (Å²) in [5, 5.41) is 3.87. The monoisotopic (exact) mass is 365 g/mol. The summed E-state index contributed by atoms with van der Waals surface area (Å²) in [6.07, 6.45) is 4.37. The fourth-order valence-electron chi connectivity index (χ4n) is 2.69. The van der Waals surface area contributed by atoms with Gasteiger partial charge in [0, 0.05) is 30.9 Å². The molecule has 1 aliphatic heterocycles. The lowest BCUT2D eigenvalue weighted by Crippen LogP contribution is -2.35. The summed E-state index contributed by atoms with van der Waals surface area (Å²) in [5.41, 5.74) is 1.08. The second kappa shape index (κ2) is 7.51. The van der Waals surface area contributed by atoms with E-state index in [0.29, 0.717) is 30.5 Å². The molecule has 3 rings (SSSR count). The molecule has 1 aromatic heterocycles. The molecule has 1 saturated heterocycles. The minimum absolute atomic E-state index is 0.251. The minimum atomic E-state index is -3.42. The predicted molar refractivity (Wildman–Crippen MR) is 95.6 cm³/mol. The molecule has 1 aromatic carbocycles. The number of rotatable bonds is 5. The first-order valence-corrected chi connectivity index (χ1v) is 9.82. The summed E-state index contributed by atoms with van der Waals surface area (Å²) >= 11 is 5.86. The second-order valence-electron chi connectivity index (χ2n) is 5.82. The van der Waals surface area contributed by atoms with Gasteiger partial charge in [-0.25, -0.2) is 13.4 Å². The van der Waals surface area contributed by atoms with Crippen molar-refractivity contribution >= 4 is 27.4 Å². The van der Waals surface area contributed by atoms with Gasteiger partial charge >= 0.3 is 0 Å². The highest BCUT2D eigenvalue weighted by Crippen LogP contribution is 2.21. The number of sulfonamides is 1. The molecule has 0 unspecified atom stereocenters. The zero-order valence-corrected chi connectivity index (χ0v) is 14.9. The molecule has 1 fully saturated rings. The van der Waals surface area contributed by atoms with Gasteiger partial charge in [-0.05, 0) is 42.7 Å². The topological polar surface area (TPSA) is 62.3 Å². The standard InChI is InChI=1S/C17H20ClN3O2S/c18-15-6-4-14(5-7-15)12-19-17-9-8-16(13-20-17)24(22,23)21-10-2-1-3-11-21/h4-9,13H,1-3,10-12H2,(H,19,20). The lowest BCUT2D eigenvalue weighted by molar-refractivity contribution is 0.346. The number of nitrogens with one attached hydrogen (secondary N) is 1. The lowest BCUT2D eigenvalue weighted by atomic mass is 10.2. The summed E-state index contributed by atoms with van der Waals surface area (Å²) in [4.78, 5) is 4.48. The van der Waals surface area contributed by atoms with Crippen molar-refractivity contribution in [2.45, 2.75) is 30.7 Å². The Balaban J connectivity index is 1.65. The smallest absolute Gasteiger partial charge is 0.244 e. The Morgan fingerprint density at radius 3 is 2.38 bits per heavy atom. The van der Waals surface area contributed by atoms with E-state index in [1.54, 1.807) is 16.4 Å². The quantitative estimate of drug-likeness (QED) is 0.880. The van der Waals surface area contributed by atoms with Crippen LogP contribution in [0.1, 0.15) is 24.8 Å². The van der Waals surface area contributed by atoms with Crippen molar-refractivity contribution in [2.75, 3.05) is 18.4 Å². The molecule has 2 heterocycles. The maximum absolute atomic E-state index is 12.6. The third-order valence-corrected chi connectivity index (χ3v) is 6.21. The third-order valence-electron chi connectivity index (χ3n) is 4.08. The zero-order valence-electron chi connectivity index (χ0n) is 13.3. The molecule has 0 bridgehead atoms. The Labute approximate surface area is 147 Å². The van der Waals surface area contributed by atoms with Crippen molar-refractivity contribution in [2.24, 2.45) is 0 Å². The van der Waals surface area contributed by atoms with Gasteiger partial charge in [-0.2, -0.15) is 4.31 Å². The minimum Gasteiger partial charge on any atom is -0.366 e. The van der Waals surface area contributed by atoms with E-state index in [0.717, 1.165) is 24.8 Å². The Hall–Kier alpha value is -1.63. The molecular weight excluding hydrogens is 346 g/mol. The highest BCUT2D eigenvalue weighted by atomic mass is 35.5. The number of nitrogens with zero attached hydrogens (tertiary/aromatic N) is 2. The average Bonchev–Trinajstić information content (AvgIpc) is 2.62. The Bertz CT molecular complexity index is 770. The number of anilines is 1. The number of hydrogen-bond donors (Lipinski definition) is 1. The lowest BCUT2D eigenvalue weighted by Gasteiger charge is -2.25. The molecular formula is C17H20ClN3O2S. The van der Waals surface area contributed by atoms with Crippen molar-refractivity contribution in [3.05, 3.63) is 53.2 Å². The maximum Gasteiger partial charge on any atom is 0.244 e. The SMILES string of the molecule is O=S(=O)(c1ccc(NCc2ccc(Cl)cc2)nc1)N1CCCCC1. The molecule has 1 N–H and O–H groups in total. The highest BCUT2D eigenvalue weighted by molar-refractivity contribution is 7.89. The summed E-state index contributed by atoms with van der Waals surface area (Å²) in [6, 6.07) is 10.9. The number of benzene rings is 1. The summed E-state index contributed by atoms with van der Waals surface area (Å²) in [6.45, 7) is 1.79. The maximum atomic E-state index is 12.6. The van der Waals surface area contributed by atoms with Crippen LogP contribution in [-0.2, 0) is 16.6 Å². The average molecular weight is 366 g/mol. The van der Waals surface area contributed by atoms with Gasteiger partial charge in [0.1, 0.15) is 10.7 Å². The number of pyridine rings is 1. The molecule has 24 heavy (non-hydrogen) atoms. The van der Waals surface area contributed by atoms with Gasteiger partial charge in [-0.3, -0.25) is 0 Å². The van der Waals surface area contributed by atoms with Crippen molar-refractivity contribution in [1.29, 1.82) is 0 Å². The molecule has 0 spiro atoms. The van der Waals surface area contributed by atoms with Crippen molar-refractivity contribution in [3.63, 3.8) is 0 Å². The van der Waals surface area contributed by atoms with E-state index in [2.05, 4.69) is 10.3 Å². The van der Waals surface area contributed by atoms with Gasteiger partial charge in [0.15, 0.2) is 0 Å². The number of piperidine rings is 1. The summed E-state index contributed by atoms with van der Waals surface area (Å²) in [7, 11) is -3.42. The van der Waals surface area contributed by atoms with Crippen LogP contribution >= 0.6 is 11.6 Å². The van der Waals surface area contributed by atoms with E-state index in [4.69, 9.17) is 11.6 Å². The van der Waals surface area contributed by atoms with E-state index in [1.807, 2.05) is 24.3 Å². The number of halogens is 1. The normalized spacial score (nSPS) is 16.0. The fourth-order valence-corrected chi connectivity index (χ4v) is 4.28. The second-order valence-corrected chi connectivity index (χ2v) is 8.20. The van der Waals surface area contributed by atoms with E-state index in [9.17, 15) is 8.42 Å². The van der Waals surface area contributed by atoms with Crippen molar-refractivity contribution in [3.8, 4) is 0 Å². The van der Waals surface area contributed by atoms with Gasteiger partial charge < -0.3 is 5.32 Å². The largest absolute Gasteiger partial charge is 0.366 e. The van der Waals surface area contributed by atoms with Crippen LogP contribution in [0.2, 0.25) is 5.02 Å². The Kier molecular flexibility index (Phi) is 5.38. The van der Waals surface area contributed by atoms with Gasteiger partial charge in [-0.1, -0.05) is 30.2 Å². The van der Waals surface area contributed by atoms with Gasteiger partial charge in [-0.15, -0.1) is 0 Å². The van der Waals surface area contributed by atoms with Crippen LogP contribution in [0.3, 0.4) is 0 Å². The first kappa shape index (κ1) is 17.2. The summed E-state index contributed by atoms with van der Waals surface area (Å²) in [5.74, 6) is 0.641. The van der Waals surface area contributed by atoms with Crippen LogP contribution in [0, 0.1) is 0 Å². The first-order chi connectivity index (χ1) is 11.6. The zero-order chi connectivity index (χ0) is 17.0. The van der Waals surface area contributed by atoms with Crippen LogP contribution in [0.5, 0.6) is 0 Å². The van der Waals surface area contributed by atoms with Crippen LogP contribution in [0.15, 0.2) is 47.5 Å². The fraction of sp³-hybridized carbons (Fsp3) is 0.353. The Morgan fingerprint density at radius 2 is 1.75 bits per heavy atom. The van der Waals surface area contributed by atoms with E-state index in [-0.39, 0.29) is 4.90 Å². The number of hydrogen-bond acceptors (Lipinski definition) is 4. The molecule has 1 aliphatic rings. The van der Waals surface area contributed by atoms with Crippen molar-refractivity contribution < 1.29 is 8.42 Å². The van der Waals surface area contributed by atoms with E-state index >= 15 is 0 Å². The molecule has 0 radical (unpaired) electrons. The molecule has 0 saturated carbocycles. The molecule has 5 nitrogen and oxygen atoms in total. The summed E-state index contributed by atoms with van der Waals surface area (Å²) < 4.78 is 26.7. The third kappa shape index (κ3) is 4.06. The van der Waals surface area contributed by atoms with Crippen LogP contribution < -0.4 is 5.32 Å².